The largest absolute Gasteiger partial charge is 0.506 e. The van der Waals surface area contributed by atoms with E-state index in [2.05, 4.69) is 26.0 Å². The predicted octanol–water partition coefficient (Wildman–Crippen LogP) is 5.29. The molecule has 0 radical (unpaired) electrons. The van der Waals surface area contributed by atoms with E-state index in [0.29, 0.717) is 10.0 Å². The van der Waals surface area contributed by atoms with Gasteiger partial charge in [0.15, 0.2) is 0 Å². The lowest BCUT2D eigenvalue weighted by Gasteiger charge is -2.12. The van der Waals surface area contributed by atoms with Crippen LogP contribution in [0.5, 0.6) is 5.75 Å². The van der Waals surface area contributed by atoms with Crippen molar-refractivity contribution in [3.8, 4) is 16.9 Å². The van der Waals surface area contributed by atoms with E-state index < -0.39 is 0 Å². The molecule has 0 bridgehead atoms. The molecule has 0 aromatic heterocycles. The molecule has 3 heteroatoms. The smallest absolute Gasteiger partial charge is 0.135 e. The van der Waals surface area contributed by atoms with Gasteiger partial charge in [-0.1, -0.05) is 35.3 Å². The summed E-state index contributed by atoms with van der Waals surface area (Å²) < 4.78 is 0. The summed E-state index contributed by atoms with van der Waals surface area (Å²) in [6.45, 7) is 6.19. The molecular formula is C15H14Cl2O. The molecule has 1 N–H and O–H groups in total. The van der Waals surface area contributed by atoms with Crippen molar-refractivity contribution in [3.63, 3.8) is 0 Å². The van der Waals surface area contributed by atoms with Gasteiger partial charge in [0.25, 0.3) is 0 Å². The van der Waals surface area contributed by atoms with E-state index in [9.17, 15) is 5.11 Å². The molecule has 18 heavy (non-hydrogen) atoms. The van der Waals surface area contributed by atoms with Crippen LogP contribution in [0, 0.1) is 20.8 Å². The number of aryl methyl sites for hydroxylation is 3. The topological polar surface area (TPSA) is 20.2 Å². The van der Waals surface area contributed by atoms with Crippen molar-refractivity contribution in [2.75, 3.05) is 0 Å². The van der Waals surface area contributed by atoms with Gasteiger partial charge >= 0.3 is 0 Å². The number of hydrogen-bond donors (Lipinski definition) is 1. The van der Waals surface area contributed by atoms with Crippen LogP contribution in [0.3, 0.4) is 0 Å². The van der Waals surface area contributed by atoms with Crippen LogP contribution in [-0.4, -0.2) is 5.11 Å². The molecule has 2 aromatic carbocycles. The Labute approximate surface area is 117 Å². The first-order valence-corrected chi connectivity index (χ1v) is 6.42. The average molecular weight is 281 g/mol. The molecule has 0 atom stereocenters. The Bertz CT molecular complexity index is 563. The first-order valence-electron chi connectivity index (χ1n) is 5.66. The Kier molecular flexibility index (Phi) is 3.56. The first kappa shape index (κ1) is 13.3. The lowest BCUT2D eigenvalue weighted by atomic mass is 9.95. The maximum Gasteiger partial charge on any atom is 0.135 e. The summed E-state index contributed by atoms with van der Waals surface area (Å²) >= 11 is 12.1. The zero-order valence-corrected chi connectivity index (χ0v) is 12.0. The Morgan fingerprint density at radius 1 is 0.722 bits per heavy atom. The van der Waals surface area contributed by atoms with Crippen LogP contribution >= 0.6 is 23.2 Å². The molecule has 0 heterocycles. The highest BCUT2D eigenvalue weighted by Crippen LogP contribution is 2.38. The van der Waals surface area contributed by atoms with Crippen LogP contribution in [0.15, 0.2) is 24.3 Å². The molecule has 0 amide bonds. The van der Waals surface area contributed by atoms with E-state index in [4.69, 9.17) is 23.2 Å². The lowest BCUT2D eigenvalue weighted by Crippen LogP contribution is -1.90. The fourth-order valence-corrected chi connectivity index (χ4v) is 2.42. The number of benzene rings is 2. The van der Waals surface area contributed by atoms with Gasteiger partial charge in [0.05, 0.1) is 10.0 Å². The minimum atomic E-state index is 0.00639. The number of rotatable bonds is 1. The molecule has 0 saturated heterocycles. The molecule has 0 aliphatic carbocycles. The van der Waals surface area contributed by atoms with Crippen LogP contribution < -0.4 is 0 Å². The Hall–Kier alpha value is -1.18. The van der Waals surface area contributed by atoms with E-state index in [-0.39, 0.29) is 5.75 Å². The van der Waals surface area contributed by atoms with Crippen molar-refractivity contribution >= 4 is 23.2 Å². The lowest BCUT2D eigenvalue weighted by molar-refractivity contribution is 0.475. The average Bonchev–Trinajstić information content (AvgIpc) is 2.29. The third-order valence-electron chi connectivity index (χ3n) is 3.17. The van der Waals surface area contributed by atoms with Crippen molar-refractivity contribution in [1.29, 1.82) is 0 Å². The molecule has 0 fully saturated rings. The minimum absolute atomic E-state index is 0.00639. The second-order valence-corrected chi connectivity index (χ2v) is 5.35. The zero-order chi connectivity index (χ0) is 13.4. The number of hydrogen-bond acceptors (Lipinski definition) is 1. The molecule has 0 spiro atoms. The van der Waals surface area contributed by atoms with Gasteiger partial charge in [-0.2, -0.15) is 0 Å². The second-order valence-electron chi connectivity index (χ2n) is 4.53. The molecule has 1 nitrogen and oxygen atoms in total. The van der Waals surface area contributed by atoms with E-state index in [1.807, 2.05) is 6.92 Å². The zero-order valence-electron chi connectivity index (χ0n) is 10.5. The highest BCUT2D eigenvalue weighted by Gasteiger charge is 2.11. The summed E-state index contributed by atoms with van der Waals surface area (Å²) in [7, 11) is 0. The maximum absolute atomic E-state index is 9.52. The highest BCUT2D eigenvalue weighted by atomic mass is 35.5. The molecule has 0 aliphatic heterocycles. The summed E-state index contributed by atoms with van der Waals surface area (Å²) in [5.74, 6) is 0.00639. The number of aromatic hydroxyl groups is 1. The summed E-state index contributed by atoms with van der Waals surface area (Å²) in [5.41, 5.74) is 5.49. The fourth-order valence-electron chi connectivity index (χ4n) is 1.99. The molecule has 0 saturated carbocycles. The second kappa shape index (κ2) is 4.83. The number of phenolic OH excluding ortho intramolecular Hbond substituents is 1. The van der Waals surface area contributed by atoms with Gasteiger partial charge in [-0.25, -0.2) is 0 Å². The van der Waals surface area contributed by atoms with Crippen LogP contribution in [0.25, 0.3) is 11.1 Å². The number of halogens is 2. The quantitative estimate of drug-likeness (QED) is 0.752. The van der Waals surface area contributed by atoms with Gasteiger partial charge < -0.3 is 5.11 Å². The SMILES string of the molecule is Cc1cc(C)c(-c2cc(Cl)c(O)cc2Cl)cc1C. The summed E-state index contributed by atoms with van der Waals surface area (Å²) in [6, 6.07) is 7.41. The van der Waals surface area contributed by atoms with Crippen LogP contribution in [0.2, 0.25) is 10.0 Å². The van der Waals surface area contributed by atoms with Crippen molar-refractivity contribution in [3.05, 3.63) is 51.0 Å². The van der Waals surface area contributed by atoms with Gasteiger partial charge in [0, 0.05) is 11.6 Å². The van der Waals surface area contributed by atoms with E-state index in [1.54, 1.807) is 6.07 Å². The highest BCUT2D eigenvalue weighted by molar-refractivity contribution is 6.36. The van der Waals surface area contributed by atoms with Crippen LogP contribution in [0.1, 0.15) is 16.7 Å². The maximum atomic E-state index is 9.52. The van der Waals surface area contributed by atoms with Crippen molar-refractivity contribution in [1.82, 2.24) is 0 Å². The van der Waals surface area contributed by atoms with Gasteiger partial charge in [-0.3, -0.25) is 0 Å². The van der Waals surface area contributed by atoms with E-state index >= 15 is 0 Å². The third-order valence-corrected chi connectivity index (χ3v) is 3.78. The predicted molar refractivity (Wildman–Crippen MR) is 77.8 cm³/mol. The standard InChI is InChI=1S/C15H14Cl2O/c1-8-4-10(3)11(5-9(8)2)12-6-14(17)15(18)7-13(12)16/h4-7,18H,1-3H3. The van der Waals surface area contributed by atoms with E-state index in [1.165, 1.54) is 17.2 Å². The van der Waals surface area contributed by atoms with E-state index in [0.717, 1.165) is 16.7 Å². The third kappa shape index (κ3) is 2.33. The minimum Gasteiger partial charge on any atom is -0.506 e. The summed E-state index contributed by atoms with van der Waals surface area (Å²) in [6.07, 6.45) is 0. The Morgan fingerprint density at radius 3 is 2.00 bits per heavy atom. The van der Waals surface area contributed by atoms with Crippen LogP contribution in [-0.2, 0) is 0 Å². The van der Waals surface area contributed by atoms with Gasteiger partial charge in [-0.05, 0) is 49.1 Å². The molecule has 94 valence electrons. The molecule has 2 rings (SSSR count). The van der Waals surface area contributed by atoms with Crippen molar-refractivity contribution in [2.45, 2.75) is 20.8 Å². The van der Waals surface area contributed by atoms with Crippen molar-refractivity contribution in [2.24, 2.45) is 0 Å². The Balaban J connectivity index is 2.69. The van der Waals surface area contributed by atoms with Gasteiger partial charge in [0.2, 0.25) is 0 Å². The molecule has 2 aromatic rings. The summed E-state index contributed by atoms with van der Waals surface area (Å²) in [5, 5.41) is 10.3. The Morgan fingerprint density at radius 2 is 1.33 bits per heavy atom. The molecular weight excluding hydrogens is 267 g/mol. The molecule has 0 unspecified atom stereocenters. The van der Waals surface area contributed by atoms with Gasteiger partial charge in [0.1, 0.15) is 5.75 Å². The monoisotopic (exact) mass is 280 g/mol. The normalized spacial score (nSPS) is 10.7. The van der Waals surface area contributed by atoms with Crippen molar-refractivity contribution < 1.29 is 5.11 Å². The van der Waals surface area contributed by atoms with Gasteiger partial charge in [-0.15, -0.1) is 0 Å². The fraction of sp³-hybridized carbons (Fsp3) is 0.200. The number of phenols is 1. The first-order chi connectivity index (χ1) is 8.40. The van der Waals surface area contributed by atoms with Crippen LogP contribution in [0.4, 0.5) is 0 Å². The molecule has 0 aliphatic rings. The summed E-state index contributed by atoms with van der Waals surface area (Å²) in [4.78, 5) is 0.